The van der Waals surface area contributed by atoms with Crippen LogP contribution in [0.4, 0.5) is 0 Å². The van der Waals surface area contributed by atoms with E-state index in [1.54, 1.807) is 19.4 Å². The van der Waals surface area contributed by atoms with E-state index in [0.29, 0.717) is 11.3 Å². The number of nitrogens with zero attached hydrogens (tertiary/aromatic N) is 2. The molecule has 0 radical (unpaired) electrons. The summed E-state index contributed by atoms with van der Waals surface area (Å²) in [6.07, 6.45) is 1.58. The summed E-state index contributed by atoms with van der Waals surface area (Å²) in [5.41, 5.74) is 6.34. The summed E-state index contributed by atoms with van der Waals surface area (Å²) in [5.74, 6) is 0.468. The number of aryl methyl sites for hydroxylation is 1. The van der Waals surface area contributed by atoms with Crippen LogP contribution in [0.15, 0.2) is 70.2 Å². The molecule has 0 fully saturated rings. The Labute approximate surface area is 166 Å². The van der Waals surface area contributed by atoms with Crippen LogP contribution in [0.1, 0.15) is 21.6 Å². The van der Waals surface area contributed by atoms with Crippen molar-refractivity contribution in [2.75, 3.05) is 7.11 Å². The molecular weight excluding hydrogens is 406 g/mol. The van der Waals surface area contributed by atoms with Crippen molar-refractivity contribution < 1.29 is 9.53 Å². The molecule has 1 heterocycles. The van der Waals surface area contributed by atoms with Gasteiger partial charge in [-0.2, -0.15) is 5.10 Å². The van der Waals surface area contributed by atoms with Gasteiger partial charge in [0.15, 0.2) is 0 Å². The highest BCUT2D eigenvalue weighted by Crippen LogP contribution is 2.21. The lowest BCUT2D eigenvalue weighted by Gasteiger charge is -2.07. The molecule has 0 unspecified atom stereocenters. The third kappa shape index (κ3) is 4.80. The van der Waals surface area contributed by atoms with Gasteiger partial charge >= 0.3 is 0 Å². The molecule has 1 N–H and O–H groups in total. The number of carbonyl (C=O) groups is 1. The van der Waals surface area contributed by atoms with Crippen molar-refractivity contribution in [3.8, 4) is 17.0 Å². The fraction of sp³-hybridized carbons (Fsp3) is 0.0952. The van der Waals surface area contributed by atoms with Crippen molar-refractivity contribution >= 4 is 28.1 Å². The molecule has 0 aliphatic heterocycles. The normalized spacial score (nSPS) is 10.8. The van der Waals surface area contributed by atoms with E-state index in [0.717, 1.165) is 27.0 Å². The number of rotatable bonds is 5. The van der Waals surface area contributed by atoms with Crippen LogP contribution in [0, 0.1) is 6.92 Å². The molecule has 5 nitrogen and oxygen atoms in total. The van der Waals surface area contributed by atoms with Crippen molar-refractivity contribution in [1.29, 1.82) is 0 Å². The number of amides is 1. The molecule has 0 bridgehead atoms. The third-order valence-electron chi connectivity index (χ3n) is 3.97. The summed E-state index contributed by atoms with van der Waals surface area (Å²) >= 11 is 3.42. The average molecular weight is 424 g/mol. The van der Waals surface area contributed by atoms with E-state index in [4.69, 9.17) is 4.74 Å². The van der Waals surface area contributed by atoms with E-state index in [2.05, 4.69) is 31.4 Å². The molecule has 0 aliphatic carbocycles. The number of halogens is 1. The van der Waals surface area contributed by atoms with Crippen LogP contribution in [0.2, 0.25) is 0 Å². The number of methoxy groups -OCH3 is 1. The second-order valence-electron chi connectivity index (χ2n) is 5.81. The van der Waals surface area contributed by atoms with Crippen molar-refractivity contribution in [3.63, 3.8) is 0 Å². The molecular formula is C21H18BrN3O2. The zero-order chi connectivity index (χ0) is 19.2. The SMILES string of the molecule is COc1ccc(/C=N/NC(=O)c2ccc(-c3ccc(Br)cc3)nc2C)cc1. The number of hydrogen-bond donors (Lipinski definition) is 1. The molecule has 0 saturated heterocycles. The van der Waals surface area contributed by atoms with Crippen molar-refractivity contribution in [2.45, 2.75) is 6.92 Å². The lowest BCUT2D eigenvalue weighted by atomic mass is 10.1. The maximum absolute atomic E-state index is 12.4. The highest BCUT2D eigenvalue weighted by Gasteiger charge is 2.10. The fourth-order valence-corrected chi connectivity index (χ4v) is 2.76. The Hall–Kier alpha value is -2.99. The predicted octanol–water partition coefficient (Wildman–Crippen LogP) is 4.59. The third-order valence-corrected chi connectivity index (χ3v) is 4.49. The highest BCUT2D eigenvalue weighted by molar-refractivity contribution is 9.10. The standard InChI is InChI=1S/C21H18BrN3O2/c1-14-19(11-12-20(24-14)16-5-7-17(22)8-6-16)21(26)25-23-13-15-3-9-18(27-2)10-4-15/h3-13H,1-2H3,(H,25,26)/b23-13+. The van der Waals surface area contributed by atoms with Crippen molar-refractivity contribution in [3.05, 3.63) is 82.0 Å². The van der Waals surface area contributed by atoms with Crippen LogP contribution in [0.5, 0.6) is 5.75 Å². The molecule has 3 rings (SSSR count). The summed E-state index contributed by atoms with van der Waals surface area (Å²) in [7, 11) is 1.61. The van der Waals surface area contributed by atoms with Gasteiger partial charge in [0.25, 0.3) is 5.91 Å². The number of aromatic nitrogens is 1. The summed E-state index contributed by atoms with van der Waals surface area (Å²) in [6, 6.07) is 18.8. The minimum atomic E-state index is -0.299. The average Bonchev–Trinajstić information content (AvgIpc) is 2.69. The number of carbonyl (C=O) groups excluding carboxylic acids is 1. The van der Waals surface area contributed by atoms with Crippen LogP contribution >= 0.6 is 15.9 Å². The van der Waals surface area contributed by atoms with E-state index < -0.39 is 0 Å². The van der Waals surface area contributed by atoms with Crippen LogP contribution in [-0.4, -0.2) is 24.2 Å². The van der Waals surface area contributed by atoms with E-state index >= 15 is 0 Å². The largest absolute Gasteiger partial charge is 0.497 e. The first kappa shape index (κ1) is 18.8. The van der Waals surface area contributed by atoms with Crippen LogP contribution < -0.4 is 10.2 Å². The quantitative estimate of drug-likeness (QED) is 0.481. The molecule has 136 valence electrons. The number of nitrogens with one attached hydrogen (secondary N) is 1. The van der Waals surface area contributed by atoms with Crippen LogP contribution in [0.25, 0.3) is 11.3 Å². The van der Waals surface area contributed by atoms with Gasteiger partial charge in [-0.3, -0.25) is 9.78 Å². The number of benzene rings is 2. The summed E-state index contributed by atoms with van der Waals surface area (Å²) < 4.78 is 6.11. The molecule has 0 saturated carbocycles. The number of hydrogen-bond acceptors (Lipinski definition) is 4. The van der Waals surface area contributed by atoms with Crippen molar-refractivity contribution in [1.82, 2.24) is 10.4 Å². The molecule has 0 aliphatic rings. The van der Waals surface area contributed by atoms with Gasteiger partial charge in [0.05, 0.1) is 30.3 Å². The smallest absolute Gasteiger partial charge is 0.273 e. The van der Waals surface area contributed by atoms with Gasteiger partial charge in [0, 0.05) is 10.0 Å². The van der Waals surface area contributed by atoms with E-state index in [1.165, 1.54) is 0 Å². The van der Waals surface area contributed by atoms with E-state index in [-0.39, 0.29) is 5.91 Å². The summed E-state index contributed by atoms with van der Waals surface area (Å²) in [5, 5.41) is 4.01. The second kappa shape index (κ2) is 8.60. The van der Waals surface area contributed by atoms with Gasteiger partial charge in [-0.15, -0.1) is 0 Å². The Bertz CT molecular complexity index is 968. The van der Waals surface area contributed by atoms with Crippen LogP contribution in [-0.2, 0) is 0 Å². The molecule has 1 aromatic heterocycles. The molecule has 0 spiro atoms. The first-order valence-electron chi connectivity index (χ1n) is 8.28. The first-order chi connectivity index (χ1) is 13.1. The Morgan fingerprint density at radius 1 is 1.07 bits per heavy atom. The number of hydrazone groups is 1. The van der Waals surface area contributed by atoms with E-state index in [9.17, 15) is 4.79 Å². The maximum atomic E-state index is 12.4. The molecule has 2 aromatic carbocycles. The summed E-state index contributed by atoms with van der Waals surface area (Å²) in [4.78, 5) is 16.9. The second-order valence-corrected chi connectivity index (χ2v) is 6.72. The van der Waals surface area contributed by atoms with Gasteiger partial charge < -0.3 is 4.74 Å². The molecule has 1 amide bonds. The molecule has 3 aromatic rings. The summed E-state index contributed by atoms with van der Waals surface area (Å²) in [6.45, 7) is 1.81. The van der Waals surface area contributed by atoms with Crippen molar-refractivity contribution in [2.24, 2.45) is 5.10 Å². The predicted molar refractivity (Wildman–Crippen MR) is 110 cm³/mol. The monoisotopic (exact) mass is 423 g/mol. The topological polar surface area (TPSA) is 63.6 Å². The number of ether oxygens (including phenoxy) is 1. The Morgan fingerprint density at radius 3 is 2.41 bits per heavy atom. The zero-order valence-corrected chi connectivity index (χ0v) is 16.5. The molecule has 0 atom stereocenters. The van der Waals surface area contributed by atoms with Crippen LogP contribution in [0.3, 0.4) is 0 Å². The lowest BCUT2D eigenvalue weighted by molar-refractivity contribution is 0.0954. The minimum absolute atomic E-state index is 0.299. The van der Waals surface area contributed by atoms with Gasteiger partial charge in [0.2, 0.25) is 0 Å². The highest BCUT2D eigenvalue weighted by atomic mass is 79.9. The Kier molecular flexibility index (Phi) is 5.98. The van der Waals surface area contributed by atoms with Gasteiger partial charge in [-0.1, -0.05) is 28.1 Å². The molecule has 27 heavy (non-hydrogen) atoms. The van der Waals surface area contributed by atoms with Gasteiger partial charge in [-0.25, -0.2) is 5.43 Å². The lowest BCUT2D eigenvalue weighted by Crippen LogP contribution is -2.19. The zero-order valence-electron chi connectivity index (χ0n) is 14.9. The first-order valence-corrected chi connectivity index (χ1v) is 9.07. The maximum Gasteiger partial charge on any atom is 0.273 e. The van der Waals surface area contributed by atoms with Gasteiger partial charge in [0.1, 0.15) is 5.75 Å². The molecule has 6 heteroatoms. The Morgan fingerprint density at radius 2 is 1.78 bits per heavy atom. The van der Waals surface area contributed by atoms with E-state index in [1.807, 2.05) is 61.5 Å². The minimum Gasteiger partial charge on any atom is -0.497 e. The number of pyridine rings is 1. The Balaban J connectivity index is 1.69. The fourth-order valence-electron chi connectivity index (χ4n) is 2.50. The van der Waals surface area contributed by atoms with Gasteiger partial charge in [-0.05, 0) is 61.0 Å².